The summed E-state index contributed by atoms with van der Waals surface area (Å²) >= 11 is 1.97. The molecule has 2 fully saturated rings. The van der Waals surface area contributed by atoms with Gasteiger partial charge in [0.25, 0.3) is 0 Å². The number of imidazole rings is 1. The number of thioether (sulfide) groups is 1. The Kier molecular flexibility index (Phi) is 5.11. The van der Waals surface area contributed by atoms with Crippen LogP contribution in [0.25, 0.3) is 0 Å². The lowest BCUT2D eigenvalue weighted by Gasteiger charge is -2.26. The van der Waals surface area contributed by atoms with E-state index in [9.17, 15) is 8.42 Å². The van der Waals surface area contributed by atoms with E-state index in [2.05, 4.69) is 9.88 Å². The molecule has 22 heavy (non-hydrogen) atoms. The lowest BCUT2D eigenvalue weighted by molar-refractivity contribution is 0.0933. The number of rotatable bonds is 5. The van der Waals surface area contributed by atoms with Crippen LogP contribution >= 0.6 is 11.8 Å². The maximum atomic E-state index is 12.0. The minimum atomic E-state index is -3.32. The molecule has 2 saturated heterocycles. The van der Waals surface area contributed by atoms with Gasteiger partial charge in [0.05, 0.1) is 24.5 Å². The highest BCUT2D eigenvalue weighted by molar-refractivity contribution is 7.99. The van der Waals surface area contributed by atoms with E-state index in [4.69, 9.17) is 4.74 Å². The highest BCUT2D eigenvalue weighted by Gasteiger charge is 2.25. The standard InChI is InChI=1S/C14H23N3O3S2/c1-22(18,19)14-15-9-12(10-16-4-7-21-8-5-16)17(14)11-13-3-2-6-20-13/h9,13H,2-8,10-11H2,1H3/t13-/m0/s1. The molecule has 2 aliphatic heterocycles. The van der Waals surface area contributed by atoms with Crippen molar-refractivity contribution >= 4 is 21.6 Å². The first-order valence-corrected chi connectivity index (χ1v) is 10.7. The van der Waals surface area contributed by atoms with Crippen molar-refractivity contribution in [3.8, 4) is 0 Å². The number of sulfone groups is 1. The van der Waals surface area contributed by atoms with E-state index in [1.54, 1.807) is 6.20 Å². The van der Waals surface area contributed by atoms with Crippen LogP contribution in [0.3, 0.4) is 0 Å². The number of nitrogens with zero attached hydrogens (tertiary/aromatic N) is 3. The molecule has 0 saturated carbocycles. The van der Waals surface area contributed by atoms with E-state index in [1.807, 2.05) is 16.3 Å². The molecule has 3 heterocycles. The maximum Gasteiger partial charge on any atom is 0.227 e. The lowest BCUT2D eigenvalue weighted by Crippen LogP contribution is -2.33. The molecule has 0 aromatic carbocycles. The van der Waals surface area contributed by atoms with Crippen LogP contribution in [0.1, 0.15) is 18.5 Å². The molecule has 0 spiro atoms. The summed E-state index contributed by atoms with van der Waals surface area (Å²) in [5.74, 6) is 2.28. The molecule has 0 aliphatic carbocycles. The van der Waals surface area contributed by atoms with Gasteiger partial charge >= 0.3 is 0 Å². The van der Waals surface area contributed by atoms with Gasteiger partial charge in [0, 0.05) is 44.0 Å². The van der Waals surface area contributed by atoms with Crippen molar-refractivity contribution in [2.75, 3.05) is 37.5 Å². The third kappa shape index (κ3) is 3.84. The summed E-state index contributed by atoms with van der Waals surface area (Å²) in [6, 6.07) is 0. The van der Waals surface area contributed by atoms with Gasteiger partial charge in [-0.05, 0) is 12.8 Å². The first-order chi connectivity index (χ1) is 10.5. The highest BCUT2D eigenvalue weighted by Crippen LogP contribution is 2.20. The number of aromatic nitrogens is 2. The van der Waals surface area contributed by atoms with Gasteiger partial charge in [-0.25, -0.2) is 13.4 Å². The Morgan fingerprint density at radius 1 is 1.41 bits per heavy atom. The Morgan fingerprint density at radius 2 is 2.18 bits per heavy atom. The van der Waals surface area contributed by atoms with Gasteiger partial charge < -0.3 is 9.30 Å². The Bertz CT molecular complexity index is 603. The Morgan fingerprint density at radius 3 is 2.82 bits per heavy atom. The molecular weight excluding hydrogens is 322 g/mol. The molecular formula is C14H23N3O3S2. The van der Waals surface area contributed by atoms with Gasteiger partial charge in [-0.15, -0.1) is 0 Å². The van der Waals surface area contributed by atoms with Crippen LogP contribution in [-0.2, 0) is 27.7 Å². The van der Waals surface area contributed by atoms with Crippen molar-refractivity contribution in [3.05, 3.63) is 11.9 Å². The fraction of sp³-hybridized carbons (Fsp3) is 0.786. The molecule has 1 aromatic heterocycles. The van der Waals surface area contributed by atoms with Gasteiger partial charge in [0.1, 0.15) is 0 Å². The van der Waals surface area contributed by atoms with E-state index >= 15 is 0 Å². The topological polar surface area (TPSA) is 64.4 Å². The third-order valence-corrected chi connectivity index (χ3v) is 6.06. The van der Waals surface area contributed by atoms with Crippen molar-refractivity contribution in [2.45, 2.75) is 37.2 Å². The van der Waals surface area contributed by atoms with Crippen LogP contribution in [-0.4, -0.2) is 66.4 Å². The average molecular weight is 345 g/mol. The van der Waals surface area contributed by atoms with E-state index in [0.717, 1.165) is 56.3 Å². The second kappa shape index (κ2) is 6.90. The summed E-state index contributed by atoms with van der Waals surface area (Å²) < 4.78 is 31.5. The molecule has 0 radical (unpaired) electrons. The largest absolute Gasteiger partial charge is 0.376 e. The fourth-order valence-electron chi connectivity index (χ4n) is 2.99. The third-order valence-electron chi connectivity index (χ3n) is 4.13. The SMILES string of the molecule is CS(=O)(=O)c1ncc(CN2CCSCC2)n1C[C@@H]1CCCO1. The van der Waals surface area contributed by atoms with Gasteiger partial charge in [-0.3, -0.25) is 4.90 Å². The highest BCUT2D eigenvalue weighted by atomic mass is 32.2. The van der Waals surface area contributed by atoms with Gasteiger partial charge in [-0.1, -0.05) is 0 Å². The summed E-state index contributed by atoms with van der Waals surface area (Å²) in [5, 5.41) is 0.171. The number of hydrogen-bond donors (Lipinski definition) is 0. The van der Waals surface area contributed by atoms with Crippen molar-refractivity contribution in [1.82, 2.24) is 14.5 Å². The van der Waals surface area contributed by atoms with Crippen molar-refractivity contribution in [3.63, 3.8) is 0 Å². The van der Waals surface area contributed by atoms with Crippen molar-refractivity contribution < 1.29 is 13.2 Å². The summed E-state index contributed by atoms with van der Waals surface area (Å²) in [5.41, 5.74) is 0.975. The molecule has 1 atom stereocenters. The molecule has 0 bridgehead atoms. The predicted octanol–water partition coefficient (Wildman–Crippen LogP) is 1.01. The first kappa shape index (κ1) is 16.3. The Balaban J connectivity index is 1.82. The minimum Gasteiger partial charge on any atom is -0.376 e. The second-order valence-electron chi connectivity index (χ2n) is 5.94. The van der Waals surface area contributed by atoms with Crippen molar-refractivity contribution in [2.24, 2.45) is 0 Å². The minimum absolute atomic E-state index is 0.102. The fourth-order valence-corrected chi connectivity index (χ4v) is 4.80. The molecule has 1 aromatic rings. The quantitative estimate of drug-likeness (QED) is 0.794. The molecule has 0 N–H and O–H groups in total. The molecule has 0 amide bonds. The smallest absolute Gasteiger partial charge is 0.227 e. The number of ether oxygens (including phenoxy) is 1. The first-order valence-electron chi connectivity index (χ1n) is 7.70. The lowest BCUT2D eigenvalue weighted by atomic mass is 10.2. The zero-order valence-electron chi connectivity index (χ0n) is 12.9. The Hall–Kier alpha value is -0.570. The summed E-state index contributed by atoms with van der Waals surface area (Å²) in [4.78, 5) is 6.55. The maximum absolute atomic E-state index is 12.0. The summed E-state index contributed by atoms with van der Waals surface area (Å²) in [6.45, 7) is 4.20. The van der Waals surface area contributed by atoms with Crippen LogP contribution in [0.5, 0.6) is 0 Å². The zero-order valence-corrected chi connectivity index (χ0v) is 14.5. The molecule has 2 aliphatic rings. The monoisotopic (exact) mass is 345 g/mol. The normalized spacial score (nSPS) is 24.0. The molecule has 3 rings (SSSR count). The van der Waals surface area contributed by atoms with Crippen LogP contribution in [0, 0.1) is 0 Å². The second-order valence-corrected chi connectivity index (χ2v) is 9.07. The van der Waals surface area contributed by atoms with Gasteiger partial charge in [-0.2, -0.15) is 11.8 Å². The molecule has 0 unspecified atom stereocenters. The van der Waals surface area contributed by atoms with E-state index in [-0.39, 0.29) is 11.3 Å². The van der Waals surface area contributed by atoms with Crippen molar-refractivity contribution in [1.29, 1.82) is 0 Å². The predicted molar refractivity (Wildman–Crippen MR) is 86.9 cm³/mol. The van der Waals surface area contributed by atoms with Gasteiger partial charge in [0.15, 0.2) is 0 Å². The average Bonchev–Trinajstić information content (AvgIpc) is 3.11. The number of hydrogen-bond acceptors (Lipinski definition) is 6. The molecule has 124 valence electrons. The summed E-state index contributed by atoms with van der Waals surface area (Å²) in [7, 11) is -3.32. The van der Waals surface area contributed by atoms with Crippen LogP contribution in [0.15, 0.2) is 11.4 Å². The van der Waals surface area contributed by atoms with Crippen LogP contribution in [0.4, 0.5) is 0 Å². The van der Waals surface area contributed by atoms with Crippen LogP contribution in [0.2, 0.25) is 0 Å². The summed E-state index contributed by atoms with van der Waals surface area (Å²) in [6.07, 6.45) is 5.08. The zero-order chi connectivity index (χ0) is 15.6. The molecule has 8 heteroatoms. The van der Waals surface area contributed by atoms with Crippen LogP contribution < -0.4 is 0 Å². The van der Waals surface area contributed by atoms with E-state index in [1.165, 1.54) is 6.26 Å². The van der Waals surface area contributed by atoms with E-state index < -0.39 is 9.84 Å². The molecule has 6 nitrogen and oxygen atoms in total. The van der Waals surface area contributed by atoms with E-state index in [0.29, 0.717) is 6.54 Å². The Labute approximate surface area is 136 Å². The van der Waals surface area contributed by atoms with Gasteiger partial charge in [0.2, 0.25) is 15.0 Å².